The van der Waals surface area contributed by atoms with Crippen molar-refractivity contribution in [3.8, 4) is 0 Å². The normalized spacial score (nSPS) is 10.4. The van der Waals surface area contributed by atoms with Gasteiger partial charge in [0.15, 0.2) is 0 Å². The van der Waals surface area contributed by atoms with Gasteiger partial charge in [0.05, 0.1) is 30.2 Å². The van der Waals surface area contributed by atoms with Crippen LogP contribution in [0.2, 0.25) is 0 Å². The van der Waals surface area contributed by atoms with Gasteiger partial charge in [-0.3, -0.25) is 4.18 Å². The van der Waals surface area contributed by atoms with Crippen LogP contribution in [-0.4, -0.2) is 77.4 Å². The van der Waals surface area contributed by atoms with Crippen LogP contribution in [0.3, 0.4) is 0 Å². The minimum atomic E-state index is -4.09. The second-order valence-electron chi connectivity index (χ2n) is 3.16. The predicted octanol–water partition coefficient (Wildman–Crippen LogP) is -0.410. The van der Waals surface area contributed by atoms with Crippen LogP contribution in [0.15, 0.2) is 23.1 Å². The van der Waals surface area contributed by atoms with Crippen molar-refractivity contribution in [1.82, 2.24) is 0 Å². The van der Waals surface area contributed by atoms with Crippen LogP contribution >= 0.6 is 0 Å². The van der Waals surface area contributed by atoms with Gasteiger partial charge in [0.2, 0.25) is 0 Å². The van der Waals surface area contributed by atoms with Gasteiger partial charge in [-0.15, -0.1) is 0 Å². The number of methoxy groups -OCH3 is 1. The molecular weight excluding hydrogens is 304 g/mol. The summed E-state index contributed by atoms with van der Waals surface area (Å²) in [5, 5.41) is 8.84. The quantitative estimate of drug-likeness (QED) is 0.457. The Kier molecular flexibility index (Phi) is 6.95. The Hall–Kier alpha value is -0.670. The van der Waals surface area contributed by atoms with E-state index < -0.39 is 27.0 Å². The number of esters is 1. The fraction of sp³-hybridized carbons (Fsp3) is 0.200. The zero-order valence-electron chi connectivity index (χ0n) is 9.54. The molecule has 0 saturated heterocycles. The third-order valence-electron chi connectivity index (χ3n) is 2.08. The number of carbonyl (C=O) groups is 2. The van der Waals surface area contributed by atoms with E-state index >= 15 is 0 Å². The van der Waals surface area contributed by atoms with E-state index in [0.29, 0.717) is 0 Å². The molecule has 19 heavy (non-hydrogen) atoms. The SMILES string of the molecule is COC(=O)c1cc(C(=O)O)cc(S(=O)(=O)OC)c1.[CaH2]. The number of carbonyl (C=O) groups excluding carboxylic acids is 1. The molecule has 1 aromatic rings. The van der Waals surface area contributed by atoms with E-state index in [9.17, 15) is 18.0 Å². The molecule has 1 N–H and O–H groups in total. The summed E-state index contributed by atoms with van der Waals surface area (Å²) in [7, 11) is -2.06. The van der Waals surface area contributed by atoms with Crippen LogP contribution < -0.4 is 0 Å². The minimum absolute atomic E-state index is 0. The van der Waals surface area contributed by atoms with E-state index in [4.69, 9.17) is 5.11 Å². The van der Waals surface area contributed by atoms with Crippen molar-refractivity contribution >= 4 is 59.8 Å². The molecule has 1 aromatic carbocycles. The summed E-state index contributed by atoms with van der Waals surface area (Å²) in [5.74, 6) is -2.21. The van der Waals surface area contributed by atoms with Gasteiger partial charge in [0.1, 0.15) is 0 Å². The molecule has 0 atom stereocenters. The van der Waals surface area contributed by atoms with Crippen LogP contribution in [-0.2, 0) is 19.0 Å². The number of ether oxygens (including phenoxy) is 1. The van der Waals surface area contributed by atoms with Crippen molar-refractivity contribution < 1.29 is 32.0 Å². The summed E-state index contributed by atoms with van der Waals surface area (Å²) in [5.41, 5.74) is -0.540. The molecule has 0 spiro atoms. The summed E-state index contributed by atoms with van der Waals surface area (Å²) < 4.78 is 31.6. The molecule has 0 saturated carbocycles. The Labute approximate surface area is 139 Å². The molecule has 9 heteroatoms. The molecule has 0 aliphatic carbocycles. The Morgan fingerprint density at radius 2 is 1.63 bits per heavy atom. The molecule has 1 rings (SSSR count). The van der Waals surface area contributed by atoms with Crippen molar-refractivity contribution in [3.63, 3.8) is 0 Å². The third-order valence-corrected chi connectivity index (χ3v) is 3.33. The molecule has 0 amide bonds. The van der Waals surface area contributed by atoms with Crippen LogP contribution in [0.4, 0.5) is 0 Å². The first-order valence-corrected chi connectivity index (χ1v) is 6.00. The fourth-order valence-electron chi connectivity index (χ4n) is 1.20. The van der Waals surface area contributed by atoms with Crippen molar-refractivity contribution in [2.24, 2.45) is 0 Å². The molecule has 0 aliphatic rings. The van der Waals surface area contributed by atoms with E-state index in [2.05, 4.69) is 8.92 Å². The first kappa shape index (κ1) is 18.3. The average molecular weight is 316 g/mol. The molecule has 0 fully saturated rings. The van der Waals surface area contributed by atoms with Gasteiger partial charge in [-0.1, -0.05) is 0 Å². The Bertz CT molecular complexity index is 594. The van der Waals surface area contributed by atoms with Gasteiger partial charge in [0, 0.05) is 0 Å². The maximum atomic E-state index is 11.5. The first-order chi connectivity index (χ1) is 8.31. The number of benzene rings is 1. The summed E-state index contributed by atoms with van der Waals surface area (Å²) in [6.45, 7) is 0. The van der Waals surface area contributed by atoms with Gasteiger partial charge in [-0.05, 0) is 18.2 Å². The second-order valence-corrected chi connectivity index (χ2v) is 4.88. The maximum absolute atomic E-state index is 11.5. The summed E-state index contributed by atoms with van der Waals surface area (Å²) in [4.78, 5) is 21.7. The molecular formula is C10H12CaO7S. The number of hydrogen-bond acceptors (Lipinski definition) is 6. The second kappa shape index (κ2) is 7.20. The van der Waals surface area contributed by atoms with Crippen molar-refractivity contribution in [2.45, 2.75) is 4.90 Å². The van der Waals surface area contributed by atoms with Crippen LogP contribution in [0.1, 0.15) is 20.7 Å². The number of aromatic carboxylic acids is 1. The fourth-order valence-corrected chi connectivity index (χ4v) is 1.93. The van der Waals surface area contributed by atoms with Crippen LogP contribution in [0.5, 0.6) is 0 Å². The van der Waals surface area contributed by atoms with Crippen molar-refractivity contribution in [1.29, 1.82) is 0 Å². The number of carboxylic acids is 1. The molecule has 102 valence electrons. The number of rotatable bonds is 4. The molecule has 0 bridgehead atoms. The molecule has 0 aromatic heterocycles. The van der Waals surface area contributed by atoms with Crippen molar-refractivity contribution in [2.75, 3.05) is 14.2 Å². The van der Waals surface area contributed by atoms with Crippen LogP contribution in [0.25, 0.3) is 0 Å². The van der Waals surface area contributed by atoms with Gasteiger partial charge in [-0.2, -0.15) is 8.42 Å². The van der Waals surface area contributed by atoms with Crippen molar-refractivity contribution in [3.05, 3.63) is 29.3 Å². The Morgan fingerprint density at radius 3 is 2.05 bits per heavy atom. The van der Waals surface area contributed by atoms with E-state index in [-0.39, 0.29) is 48.9 Å². The van der Waals surface area contributed by atoms with Gasteiger partial charge < -0.3 is 9.84 Å². The van der Waals surface area contributed by atoms with Gasteiger partial charge in [0.25, 0.3) is 10.1 Å². The van der Waals surface area contributed by atoms with E-state index in [1.54, 1.807) is 0 Å². The number of hydrogen-bond donors (Lipinski definition) is 1. The molecule has 0 aliphatic heterocycles. The number of carboxylic acid groups (broad SMARTS) is 1. The van der Waals surface area contributed by atoms with E-state index in [1.165, 1.54) is 0 Å². The molecule has 0 heterocycles. The third kappa shape index (κ3) is 4.43. The monoisotopic (exact) mass is 316 g/mol. The molecule has 0 radical (unpaired) electrons. The standard InChI is InChI=1S/C10H10O7S.Ca.2H/c1-16-10(13)7-3-6(9(11)12)4-8(5-7)18(14,15)17-2;;;/h3-5H,1-2H3,(H,11,12);;;. The zero-order valence-corrected chi connectivity index (χ0v) is 10.4. The molecule has 7 nitrogen and oxygen atoms in total. The molecule has 0 unspecified atom stereocenters. The summed E-state index contributed by atoms with van der Waals surface area (Å²) >= 11 is 0. The average Bonchev–Trinajstić information content (AvgIpc) is 2.37. The van der Waals surface area contributed by atoms with Gasteiger partial charge in [-0.25, -0.2) is 9.59 Å². The van der Waals surface area contributed by atoms with E-state index in [1.807, 2.05) is 0 Å². The first-order valence-electron chi connectivity index (χ1n) is 4.59. The predicted molar refractivity (Wildman–Crippen MR) is 67.5 cm³/mol. The van der Waals surface area contributed by atoms with E-state index in [0.717, 1.165) is 32.4 Å². The zero-order chi connectivity index (χ0) is 13.9. The Morgan fingerprint density at radius 1 is 1.11 bits per heavy atom. The van der Waals surface area contributed by atoms with Gasteiger partial charge >= 0.3 is 49.7 Å². The Balaban J connectivity index is 0.00000324. The topological polar surface area (TPSA) is 107 Å². The van der Waals surface area contributed by atoms with Crippen LogP contribution in [0, 0.1) is 0 Å². The summed E-state index contributed by atoms with van der Waals surface area (Å²) in [6.07, 6.45) is 0. The summed E-state index contributed by atoms with van der Waals surface area (Å²) in [6, 6.07) is 2.90.